The molecule has 3 aromatic rings. The maximum absolute atomic E-state index is 9.85. The highest BCUT2D eigenvalue weighted by Crippen LogP contribution is 2.40. The Bertz CT molecular complexity index is 667. The number of benzene rings is 2. The molecule has 80 valence electrons. The molecule has 0 fully saturated rings. The summed E-state index contributed by atoms with van der Waals surface area (Å²) in [5.41, 5.74) is 1.36. The van der Waals surface area contributed by atoms with Crippen molar-refractivity contribution in [2.24, 2.45) is 0 Å². The number of fused-ring (bicyclic) bond motifs is 3. The molecule has 0 radical (unpaired) electrons. The minimum absolute atomic E-state index is 0.390. The summed E-state index contributed by atoms with van der Waals surface area (Å²) in [5.74, 6) is 0.390. The molecule has 0 unspecified atom stereocenters. The second kappa shape index (κ2) is 3.49. The van der Waals surface area contributed by atoms with Gasteiger partial charge in [0.25, 0.3) is 0 Å². The van der Waals surface area contributed by atoms with Gasteiger partial charge in [-0.25, -0.2) is 0 Å². The van der Waals surface area contributed by atoms with Gasteiger partial charge in [-0.2, -0.15) is 0 Å². The number of aromatic hydroxyl groups is 1. The second-order valence-corrected chi connectivity index (χ2v) is 4.92. The highest BCUT2D eigenvalue weighted by Gasteiger charge is 2.09. The molecule has 0 aliphatic rings. The Balaban J connectivity index is 2.55. The standard InChI is InChI=1S/C14H12OS/c1-2-9-5-3-6-10-11-7-4-8-12(15)14(11)16-13(9)10/h3-8,15H,2H2,1H3. The van der Waals surface area contributed by atoms with Crippen LogP contribution in [0.2, 0.25) is 0 Å². The minimum Gasteiger partial charge on any atom is -0.506 e. The van der Waals surface area contributed by atoms with Crippen LogP contribution in [0.25, 0.3) is 20.2 Å². The van der Waals surface area contributed by atoms with E-state index in [9.17, 15) is 5.11 Å². The largest absolute Gasteiger partial charge is 0.506 e. The highest BCUT2D eigenvalue weighted by molar-refractivity contribution is 7.26. The highest BCUT2D eigenvalue weighted by atomic mass is 32.1. The first kappa shape index (κ1) is 9.67. The van der Waals surface area contributed by atoms with E-state index in [1.54, 1.807) is 17.4 Å². The van der Waals surface area contributed by atoms with Crippen molar-refractivity contribution in [1.29, 1.82) is 0 Å². The van der Waals surface area contributed by atoms with Crippen molar-refractivity contribution in [3.05, 3.63) is 42.0 Å². The van der Waals surface area contributed by atoms with Crippen LogP contribution >= 0.6 is 11.3 Å². The van der Waals surface area contributed by atoms with E-state index in [0.717, 1.165) is 16.5 Å². The summed E-state index contributed by atoms with van der Waals surface area (Å²) in [6, 6.07) is 12.1. The molecule has 1 N–H and O–H groups in total. The van der Waals surface area contributed by atoms with Crippen molar-refractivity contribution in [2.45, 2.75) is 13.3 Å². The van der Waals surface area contributed by atoms with E-state index in [1.807, 2.05) is 6.07 Å². The maximum Gasteiger partial charge on any atom is 0.133 e. The number of phenolic OH excluding ortho intramolecular Hbond substituents is 1. The summed E-state index contributed by atoms with van der Waals surface area (Å²) in [7, 11) is 0. The van der Waals surface area contributed by atoms with Gasteiger partial charge in [-0.05, 0) is 18.1 Å². The van der Waals surface area contributed by atoms with Gasteiger partial charge in [-0.15, -0.1) is 11.3 Å². The molecule has 1 aromatic heterocycles. The Morgan fingerprint density at radius 3 is 2.44 bits per heavy atom. The van der Waals surface area contributed by atoms with Crippen LogP contribution in [-0.2, 0) is 6.42 Å². The van der Waals surface area contributed by atoms with Gasteiger partial charge < -0.3 is 5.11 Å². The third-order valence-electron chi connectivity index (χ3n) is 2.97. The molecule has 0 bridgehead atoms. The molecule has 2 aromatic carbocycles. The zero-order chi connectivity index (χ0) is 11.1. The monoisotopic (exact) mass is 228 g/mol. The third-order valence-corrected chi connectivity index (χ3v) is 4.29. The van der Waals surface area contributed by atoms with Crippen molar-refractivity contribution in [3.63, 3.8) is 0 Å². The zero-order valence-corrected chi connectivity index (χ0v) is 9.84. The van der Waals surface area contributed by atoms with Gasteiger partial charge in [-0.3, -0.25) is 0 Å². The number of hydrogen-bond acceptors (Lipinski definition) is 2. The molecule has 2 heteroatoms. The predicted molar refractivity (Wildman–Crippen MR) is 70.4 cm³/mol. The first-order valence-corrected chi connectivity index (χ1v) is 6.25. The molecule has 0 aliphatic carbocycles. The summed E-state index contributed by atoms with van der Waals surface area (Å²) in [5, 5.41) is 12.3. The van der Waals surface area contributed by atoms with Crippen molar-refractivity contribution in [3.8, 4) is 5.75 Å². The quantitative estimate of drug-likeness (QED) is 0.657. The van der Waals surface area contributed by atoms with Crippen molar-refractivity contribution >= 4 is 31.5 Å². The first-order chi connectivity index (χ1) is 7.81. The van der Waals surface area contributed by atoms with Gasteiger partial charge >= 0.3 is 0 Å². The van der Waals surface area contributed by atoms with Gasteiger partial charge in [0.15, 0.2) is 0 Å². The van der Waals surface area contributed by atoms with Crippen LogP contribution in [0.4, 0.5) is 0 Å². The average molecular weight is 228 g/mol. The number of thiophene rings is 1. The fourth-order valence-corrected chi connectivity index (χ4v) is 3.44. The van der Waals surface area contributed by atoms with Crippen LogP contribution in [0.15, 0.2) is 36.4 Å². The van der Waals surface area contributed by atoms with Crippen molar-refractivity contribution in [2.75, 3.05) is 0 Å². The lowest BCUT2D eigenvalue weighted by molar-refractivity contribution is 0.482. The van der Waals surface area contributed by atoms with Crippen LogP contribution in [-0.4, -0.2) is 5.11 Å². The number of hydrogen-bond donors (Lipinski definition) is 1. The van der Waals surface area contributed by atoms with Gasteiger partial charge in [0.2, 0.25) is 0 Å². The fraction of sp³-hybridized carbons (Fsp3) is 0.143. The van der Waals surface area contributed by atoms with E-state index in [-0.39, 0.29) is 0 Å². The van der Waals surface area contributed by atoms with Gasteiger partial charge in [-0.1, -0.05) is 37.3 Å². The lowest BCUT2D eigenvalue weighted by atomic mass is 10.1. The Hall–Kier alpha value is -1.54. The Kier molecular flexibility index (Phi) is 2.11. The minimum atomic E-state index is 0.390. The summed E-state index contributed by atoms with van der Waals surface area (Å²) in [6.45, 7) is 2.17. The lowest BCUT2D eigenvalue weighted by Crippen LogP contribution is -1.77. The Labute approximate surface area is 98.0 Å². The SMILES string of the molecule is CCc1cccc2c1sc1c(O)cccc12. The van der Waals surface area contributed by atoms with Crippen LogP contribution in [0.5, 0.6) is 5.75 Å². The molecular weight excluding hydrogens is 216 g/mol. The summed E-state index contributed by atoms with van der Waals surface area (Å²) in [4.78, 5) is 0. The fourth-order valence-electron chi connectivity index (χ4n) is 2.14. The van der Waals surface area contributed by atoms with Crippen LogP contribution < -0.4 is 0 Å². The average Bonchev–Trinajstić information content (AvgIpc) is 2.69. The van der Waals surface area contributed by atoms with Gasteiger partial charge in [0, 0.05) is 15.5 Å². The molecule has 1 nitrogen and oxygen atoms in total. The smallest absolute Gasteiger partial charge is 0.133 e. The molecule has 0 amide bonds. The van der Waals surface area contributed by atoms with Crippen LogP contribution in [0, 0.1) is 0 Å². The van der Waals surface area contributed by atoms with E-state index < -0.39 is 0 Å². The number of rotatable bonds is 1. The second-order valence-electron chi connectivity index (χ2n) is 3.90. The zero-order valence-electron chi connectivity index (χ0n) is 9.03. The molecule has 0 spiro atoms. The van der Waals surface area contributed by atoms with E-state index in [0.29, 0.717) is 5.75 Å². The predicted octanol–water partition coefficient (Wildman–Crippen LogP) is 4.32. The number of phenols is 1. The van der Waals surface area contributed by atoms with Crippen LogP contribution in [0.1, 0.15) is 12.5 Å². The maximum atomic E-state index is 9.85. The van der Waals surface area contributed by atoms with Crippen molar-refractivity contribution in [1.82, 2.24) is 0 Å². The molecule has 3 rings (SSSR count). The molecule has 0 saturated carbocycles. The van der Waals surface area contributed by atoms with Crippen molar-refractivity contribution < 1.29 is 5.11 Å². The first-order valence-electron chi connectivity index (χ1n) is 5.43. The Morgan fingerprint density at radius 2 is 1.69 bits per heavy atom. The molecule has 0 aliphatic heterocycles. The topological polar surface area (TPSA) is 20.2 Å². The molecule has 0 saturated heterocycles. The lowest BCUT2D eigenvalue weighted by Gasteiger charge is -1.97. The normalized spacial score (nSPS) is 11.3. The van der Waals surface area contributed by atoms with E-state index in [4.69, 9.17) is 0 Å². The molecule has 1 heterocycles. The van der Waals surface area contributed by atoms with E-state index in [2.05, 4.69) is 31.2 Å². The van der Waals surface area contributed by atoms with E-state index >= 15 is 0 Å². The van der Waals surface area contributed by atoms with E-state index in [1.165, 1.54) is 15.6 Å². The molecular formula is C14H12OS. The Morgan fingerprint density at radius 1 is 1.00 bits per heavy atom. The summed E-state index contributed by atoms with van der Waals surface area (Å²) < 4.78 is 2.31. The van der Waals surface area contributed by atoms with Gasteiger partial charge in [0.1, 0.15) is 5.75 Å². The summed E-state index contributed by atoms with van der Waals surface area (Å²) in [6.07, 6.45) is 1.03. The summed E-state index contributed by atoms with van der Waals surface area (Å²) >= 11 is 1.69. The number of aryl methyl sites for hydroxylation is 1. The van der Waals surface area contributed by atoms with Crippen LogP contribution in [0.3, 0.4) is 0 Å². The molecule has 16 heavy (non-hydrogen) atoms. The van der Waals surface area contributed by atoms with Gasteiger partial charge in [0.05, 0.1) is 4.70 Å². The third kappa shape index (κ3) is 1.23. The molecule has 0 atom stereocenters.